The molecular formula is C22H20BrF3N2O2. The number of hydrogen-bond acceptors (Lipinski definition) is 3. The highest BCUT2D eigenvalue weighted by Crippen LogP contribution is 2.32. The van der Waals surface area contributed by atoms with Crippen molar-refractivity contribution in [1.29, 1.82) is 0 Å². The summed E-state index contributed by atoms with van der Waals surface area (Å²) < 4.78 is 47.2. The molecule has 2 heterocycles. The number of aryl methyl sites for hydroxylation is 1. The third-order valence-corrected chi connectivity index (χ3v) is 5.18. The Morgan fingerprint density at radius 1 is 1.30 bits per heavy atom. The highest BCUT2D eigenvalue weighted by molar-refractivity contribution is 9.10. The number of rotatable bonds is 5. The number of benzene rings is 1. The summed E-state index contributed by atoms with van der Waals surface area (Å²) in [5.41, 5.74) is 2.10. The van der Waals surface area contributed by atoms with Crippen molar-refractivity contribution in [1.82, 2.24) is 9.55 Å². The molecule has 0 atom stereocenters. The third kappa shape index (κ3) is 4.75. The molecule has 0 N–H and O–H groups in total. The van der Waals surface area contributed by atoms with Gasteiger partial charge in [0.25, 0.3) is 0 Å². The molecule has 0 aliphatic heterocycles. The van der Waals surface area contributed by atoms with Crippen LogP contribution in [0, 0.1) is 6.92 Å². The first-order valence-electron chi connectivity index (χ1n) is 9.26. The van der Waals surface area contributed by atoms with Crippen molar-refractivity contribution in [2.24, 2.45) is 0 Å². The molecule has 0 unspecified atom stereocenters. The second-order valence-corrected chi connectivity index (χ2v) is 7.81. The fraction of sp³-hybridized carbons (Fsp3) is 0.273. The number of alkyl halides is 3. The van der Waals surface area contributed by atoms with Crippen molar-refractivity contribution >= 4 is 39.0 Å². The zero-order chi connectivity index (χ0) is 22.1. The summed E-state index contributed by atoms with van der Waals surface area (Å²) in [6.07, 6.45) is 0.679. The molecule has 30 heavy (non-hydrogen) atoms. The molecule has 0 aliphatic rings. The zero-order valence-corrected chi connectivity index (χ0v) is 18.3. The number of ether oxygens (including phenoxy) is 1. The highest BCUT2D eigenvalue weighted by Gasteiger charge is 2.31. The Hall–Kier alpha value is -2.61. The summed E-state index contributed by atoms with van der Waals surface area (Å²) in [4.78, 5) is 16.4. The van der Waals surface area contributed by atoms with E-state index in [-0.39, 0.29) is 13.2 Å². The first-order valence-corrected chi connectivity index (χ1v) is 10.1. The van der Waals surface area contributed by atoms with Gasteiger partial charge in [0.2, 0.25) is 0 Å². The van der Waals surface area contributed by atoms with Crippen molar-refractivity contribution in [3.05, 3.63) is 69.0 Å². The number of halogens is 4. The molecule has 0 aliphatic carbocycles. The maximum Gasteiger partial charge on any atom is 0.416 e. The Morgan fingerprint density at radius 2 is 2.03 bits per heavy atom. The largest absolute Gasteiger partial charge is 0.463 e. The molecule has 0 saturated carbocycles. The van der Waals surface area contributed by atoms with E-state index in [4.69, 9.17) is 4.74 Å². The van der Waals surface area contributed by atoms with Gasteiger partial charge in [-0.25, -0.2) is 9.78 Å². The van der Waals surface area contributed by atoms with E-state index in [0.29, 0.717) is 22.3 Å². The van der Waals surface area contributed by atoms with Gasteiger partial charge in [-0.15, -0.1) is 0 Å². The maximum atomic E-state index is 13.2. The van der Waals surface area contributed by atoms with E-state index in [1.807, 2.05) is 0 Å². The second-order valence-electron chi connectivity index (χ2n) is 6.96. The minimum atomic E-state index is -4.41. The molecule has 1 aromatic carbocycles. The number of carbonyl (C=O) groups excluding carboxylic acids is 1. The van der Waals surface area contributed by atoms with E-state index in [1.54, 1.807) is 55.9 Å². The number of hydrogen-bond donors (Lipinski definition) is 0. The van der Waals surface area contributed by atoms with Crippen LogP contribution >= 0.6 is 15.9 Å². The van der Waals surface area contributed by atoms with Gasteiger partial charge in [0, 0.05) is 39.9 Å². The Bertz CT molecular complexity index is 1130. The number of pyridine rings is 1. The average molecular weight is 481 g/mol. The van der Waals surface area contributed by atoms with E-state index in [1.165, 1.54) is 0 Å². The fourth-order valence-corrected chi connectivity index (χ4v) is 3.81. The van der Waals surface area contributed by atoms with Crippen LogP contribution in [0.5, 0.6) is 0 Å². The van der Waals surface area contributed by atoms with Crippen LogP contribution < -0.4 is 0 Å². The van der Waals surface area contributed by atoms with Crippen molar-refractivity contribution in [3.8, 4) is 0 Å². The minimum Gasteiger partial charge on any atom is -0.463 e. The summed E-state index contributed by atoms with van der Waals surface area (Å²) in [5.74, 6) is -0.424. The molecule has 0 spiro atoms. The fourth-order valence-electron chi connectivity index (χ4n) is 3.29. The van der Waals surface area contributed by atoms with Gasteiger partial charge in [-0.1, -0.05) is 11.6 Å². The van der Waals surface area contributed by atoms with Gasteiger partial charge in [-0.2, -0.15) is 13.2 Å². The van der Waals surface area contributed by atoms with Crippen molar-refractivity contribution in [3.63, 3.8) is 0 Å². The molecule has 0 amide bonds. The van der Waals surface area contributed by atoms with Crippen LogP contribution in [0.15, 0.2) is 46.7 Å². The monoisotopic (exact) mass is 480 g/mol. The highest BCUT2D eigenvalue weighted by atomic mass is 79.9. The summed E-state index contributed by atoms with van der Waals surface area (Å²) in [5, 5.41) is 0.768. The number of aromatic nitrogens is 2. The molecule has 0 saturated heterocycles. The molecule has 0 fully saturated rings. The van der Waals surface area contributed by atoms with Crippen molar-refractivity contribution in [2.75, 3.05) is 6.61 Å². The lowest BCUT2D eigenvalue weighted by Gasteiger charge is -2.11. The lowest BCUT2D eigenvalue weighted by molar-refractivity contribution is -0.138. The van der Waals surface area contributed by atoms with Crippen LogP contribution in [0.25, 0.3) is 17.1 Å². The number of nitrogens with zero attached hydrogens (tertiary/aromatic N) is 2. The average Bonchev–Trinajstić information content (AvgIpc) is 2.99. The van der Waals surface area contributed by atoms with Gasteiger partial charge >= 0.3 is 12.1 Å². The number of carbonyl (C=O) groups is 1. The quantitative estimate of drug-likeness (QED) is 0.325. The lowest BCUT2D eigenvalue weighted by atomic mass is 10.1. The SMILES string of the molecule is CCOC(=O)/C(C)=C/c1cn(Cc2cc(C)cc(C(F)(F)F)c2)c2nccc(Br)c12. The first kappa shape index (κ1) is 22.1. The van der Waals surface area contributed by atoms with Gasteiger partial charge in [0.15, 0.2) is 0 Å². The third-order valence-electron chi connectivity index (χ3n) is 4.52. The smallest absolute Gasteiger partial charge is 0.416 e. The molecule has 4 nitrogen and oxygen atoms in total. The van der Waals surface area contributed by atoms with Gasteiger partial charge in [-0.05, 0) is 66.5 Å². The second kappa shape index (κ2) is 8.63. The molecule has 8 heteroatoms. The van der Waals surface area contributed by atoms with Crippen molar-refractivity contribution < 1.29 is 22.7 Å². The van der Waals surface area contributed by atoms with Gasteiger partial charge in [0.1, 0.15) is 5.65 Å². The number of fused-ring (bicyclic) bond motifs is 1. The minimum absolute atomic E-state index is 0.205. The summed E-state index contributed by atoms with van der Waals surface area (Å²) in [6.45, 7) is 5.50. The van der Waals surface area contributed by atoms with Crippen LogP contribution in [0.4, 0.5) is 13.2 Å². The van der Waals surface area contributed by atoms with Crippen LogP contribution in [0.2, 0.25) is 0 Å². The van der Waals surface area contributed by atoms with Crippen LogP contribution in [0.3, 0.4) is 0 Å². The molecule has 0 radical (unpaired) electrons. The van der Waals surface area contributed by atoms with E-state index in [0.717, 1.165) is 27.6 Å². The van der Waals surface area contributed by atoms with E-state index >= 15 is 0 Å². The van der Waals surface area contributed by atoms with Crippen LogP contribution in [0.1, 0.15) is 36.1 Å². The molecular weight excluding hydrogens is 461 g/mol. The summed E-state index contributed by atoms with van der Waals surface area (Å²) >= 11 is 3.51. The Kier molecular flexibility index (Phi) is 6.36. The molecule has 158 valence electrons. The first-order chi connectivity index (χ1) is 14.1. The van der Waals surface area contributed by atoms with E-state index in [9.17, 15) is 18.0 Å². The molecule has 2 aromatic heterocycles. The predicted molar refractivity (Wildman–Crippen MR) is 113 cm³/mol. The number of esters is 1. The zero-order valence-electron chi connectivity index (χ0n) is 16.7. The Balaban J connectivity index is 2.09. The topological polar surface area (TPSA) is 44.1 Å². The summed E-state index contributed by atoms with van der Waals surface area (Å²) in [7, 11) is 0. The van der Waals surface area contributed by atoms with Gasteiger partial charge in [0.05, 0.1) is 12.2 Å². The van der Waals surface area contributed by atoms with Crippen molar-refractivity contribution in [2.45, 2.75) is 33.5 Å². The maximum absolute atomic E-state index is 13.2. The van der Waals surface area contributed by atoms with Gasteiger partial charge in [-0.3, -0.25) is 0 Å². The predicted octanol–water partition coefficient (Wildman–Crippen LogP) is 6.14. The normalized spacial score (nSPS) is 12.4. The molecule has 3 aromatic rings. The van der Waals surface area contributed by atoms with Gasteiger partial charge < -0.3 is 9.30 Å². The Labute approximate surface area is 180 Å². The standard InChI is InChI=1S/C22H20BrF3N2O2/c1-4-30-21(29)14(3)9-16-12-28(20-19(16)18(23)5-6-27-20)11-15-7-13(2)8-17(10-15)22(24,25)26/h5-10,12H,4,11H2,1-3H3/b14-9+. The lowest BCUT2D eigenvalue weighted by Crippen LogP contribution is -2.07. The molecule has 0 bridgehead atoms. The molecule has 3 rings (SSSR count). The van der Waals surface area contributed by atoms with E-state index < -0.39 is 17.7 Å². The van der Waals surface area contributed by atoms with E-state index in [2.05, 4.69) is 20.9 Å². The summed E-state index contributed by atoms with van der Waals surface area (Å²) in [6, 6.07) is 5.77. The Morgan fingerprint density at radius 3 is 2.70 bits per heavy atom. The van der Waals surface area contributed by atoms with Crippen LogP contribution in [-0.2, 0) is 22.3 Å². The van der Waals surface area contributed by atoms with Crippen LogP contribution in [-0.4, -0.2) is 22.1 Å².